The van der Waals surface area contributed by atoms with Gasteiger partial charge in [0.15, 0.2) is 0 Å². The lowest BCUT2D eigenvalue weighted by atomic mass is 10.2. The number of nitrogens with zero attached hydrogens (tertiary/aromatic N) is 2. The number of morpholine rings is 1. The SMILES string of the molecule is Cc1ccc(NCCCN2CCOCC2)cc1[N+](=O)[O-]. The van der Waals surface area contributed by atoms with Crippen LogP contribution in [-0.2, 0) is 4.74 Å². The lowest BCUT2D eigenvalue weighted by Crippen LogP contribution is -2.37. The Balaban J connectivity index is 1.76. The number of nitrogens with one attached hydrogen (secondary N) is 1. The molecule has 1 aromatic carbocycles. The monoisotopic (exact) mass is 279 g/mol. The fourth-order valence-electron chi connectivity index (χ4n) is 2.28. The van der Waals surface area contributed by atoms with Gasteiger partial charge >= 0.3 is 0 Å². The van der Waals surface area contributed by atoms with Crippen molar-refractivity contribution in [1.82, 2.24) is 4.90 Å². The Labute approximate surface area is 118 Å². The summed E-state index contributed by atoms with van der Waals surface area (Å²) < 4.78 is 5.30. The molecule has 1 aliphatic heterocycles. The Hall–Kier alpha value is -1.66. The molecule has 6 heteroatoms. The molecule has 0 spiro atoms. The number of aryl methyl sites for hydroxylation is 1. The first-order valence-electron chi connectivity index (χ1n) is 6.96. The maximum atomic E-state index is 10.9. The van der Waals surface area contributed by atoms with E-state index >= 15 is 0 Å². The Morgan fingerprint density at radius 2 is 2.15 bits per heavy atom. The summed E-state index contributed by atoms with van der Waals surface area (Å²) in [5.41, 5.74) is 1.67. The number of nitro groups is 1. The van der Waals surface area contributed by atoms with E-state index in [4.69, 9.17) is 4.74 Å². The highest BCUT2D eigenvalue weighted by molar-refractivity contribution is 5.54. The molecular weight excluding hydrogens is 258 g/mol. The van der Waals surface area contributed by atoms with Crippen LogP contribution in [0.2, 0.25) is 0 Å². The van der Waals surface area contributed by atoms with E-state index in [-0.39, 0.29) is 10.6 Å². The fourth-order valence-corrected chi connectivity index (χ4v) is 2.28. The van der Waals surface area contributed by atoms with E-state index in [0.29, 0.717) is 5.56 Å². The number of nitro benzene ring substituents is 1. The Morgan fingerprint density at radius 3 is 2.85 bits per heavy atom. The third-order valence-corrected chi connectivity index (χ3v) is 3.49. The number of ether oxygens (including phenoxy) is 1. The van der Waals surface area contributed by atoms with Gasteiger partial charge in [-0.2, -0.15) is 0 Å². The first kappa shape index (κ1) is 14.7. The molecule has 1 saturated heterocycles. The summed E-state index contributed by atoms with van der Waals surface area (Å²) in [6.07, 6.45) is 1.02. The zero-order valence-electron chi connectivity index (χ0n) is 11.8. The summed E-state index contributed by atoms with van der Waals surface area (Å²) in [5.74, 6) is 0. The van der Waals surface area contributed by atoms with Gasteiger partial charge in [-0.05, 0) is 26.0 Å². The molecule has 1 N–H and O–H groups in total. The second kappa shape index (κ2) is 7.21. The van der Waals surface area contributed by atoms with E-state index in [9.17, 15) is 10.1 Å². The highest BCUT2D eigenvalue weighted by atomic mass is 16.6. The standard InChI is InChI=1S/C14H21N3O3/c1-12-3-4-13(11-14(12)17(18)19)15-5-2-6-16-7-9-20-10-8-16/h3-4,11,15H,2,5-10H2,1H3. The van der Waals surface area contributed by atoms with Gasteiger partial charge < -0.3 is 10.1 Å². The molecule has 0 aromatic heterocycles. The van der Waals surface area contributed by atoms with E-state index in [1.165, 1.54) is 0 Å². The number of hydrogen-bond donors (Lipinski definition) is 1. The molecule has 20 heavy (non-hydrogen) atoms. The Morgan fingerprint density at radius 1 is 1.40 bits per heavy atom. The Bertz CT molecular complexity index is 459. The molecule has 1 aromatic rings. The van der Waals surface area contributed by atoms with E-state index in [2.05, 4.69) is 10.2 Å². The van der Waals surface area contributed by atoms with Crippen molar-refractivity contribution in [3.8, 4) is 0 Å². The van der Waals surface area contributed by atoms with Crippen LogP contribution < -0.4 is 5.32 Å². The maximum absolute atomic E-state index is 10.9. The molecule has 1 fully saturated rings. The molecule has 110 valence electrons. The van der Waals surface area contributed by atoms with Crippen molar-refractivity contribution < 1.29 is 9.66 Å². The van der Waals surface area contributed by atoms with Gasteiger partial charge in [0.25, 0.3) is 5.69 Å². The van der Waals surface area contributed by atoms with Crippen LogP contribution >= 0.6 is 0 Å². The zero-order valence-corrected chi connectivity index (χ0v) is 11.8. The predicted molar refractivity (Wildman–Crippen MR) is 78.2 cm³/mol. The molecule has 0 aliphatic carbocycles. The maximum Gasteiger partial charge on any atom is 0.274 e. The average Bonchev–Trinajstić information content (AvgIpc) is 2.46. The fraction of sp³-hybridized carbons (Fsp3) is 0.571. The zero-order chi connectivity index (χ0) is 14.4. The summed E-state index contributed by atoms with van der Waals surface area (Å²) in [5, 5.41) is 14.1. The van der Waals surface area contributed by atoms with Gasteiger partial charge in [0.2, 0.25) is 0 Å². The first-order valence-corrected chi connectivity index (χ1v) is 6.96. The van der Waals surface area contributed by atoms with Gasteiger partial charge in [0, 0.05) is 37.0 Å². The Kier molecular flexibility index (Phi) is 5.31. The summed E-state index contributed by atoms with van der Waals surface area (Å²) >= 11 is 0. The summed E-state index contributed by atoms with van der Waals surface area (Å²) in [7, 11) is 0. The molecule has 6 nitrogen and oxygen atoms in total. The van der Waals surface area contributed by atoms with Crippen LogP contribution in [0, 0.1) is 17.0 Å². The van der Waals surface area contributed by atoms with Crippen molar-refractivity contribution in [2.45, 2.75) is 13.3 Å². The number of benzene rings is 1. The van der Waals surface area contributed by atoms with Crippen LogP contribution in [0.15, 0.2) is 18.2 Å². The minimum absolute atomic E-state index is 0.170. The molecule has 1 aliphatic rings. The van der Waals surface area contributed by atoms with E-state index < -0.39 is 0 Å². The quantitative estimate of drug-likeness (QED) is 0.490. The van der Waals surface area contributed by atoms with Crippen molar-refractivity contribution in [2.75, 3.05) is 44.7 Å². The number of hydrogen-bond acceptors (Lipinski definition) is 5. The van der Waals surface area contributed by atoms with Crippen LogP contribution in [0.1, 0.15) is 12.0 Å². The second-order valence-electron chi connectivity index (χ2n) is 4.99. The lowest BCUT2D eigenvalue weighted by Gasteiger charge is -2.26. The highest BCUT2D eigenvalue weighted by Gasteiger charge is 2.11. The molecular formula is C14H21N3O3. The van der Waals surface area contributed by atoms with E-state index in [0.717, 1.165) is 51.5 Å². The van der Waals surface area contributed by atoms with Crippen molar-refractivity contribution >= 4 is 11.4 Å². The molecule has 0 radical (unpaired) electrons. The lowest BCUT2D eigenvalue weighted by molar-refractivity contribution is -0.385. The molecule has 0 bridgehead atoms. The van der Waals surface area contributed by atoms with Crippen molar-refractivity contribution in [2.24, 2.45) is 0 Å². The smallest absolute Gasteiger partial charge is 0.274 e. The molecule has 0 saturated carbocycles. The average molecular weight is 279 g/mol. The molecule has 0 unspecified atom stereocenters. The van der Waals surface area contributed by atoms with Crippen LogP contribution in [-0.4, -0.2) is 49.2 Å². The predicted octanol–water partition coefficient (Wildman–Crippen LogP) is 2.04. The van der Waals surface area contributed by atoms with Crippen LogP contribution in [0.5, 0.6) is 0 Å². The summed E-state index contributed by atoms with van der Waals surface area (Å²) in [6.45, 7) is 7.23. The van der Waals surface area contributed by atoms with Crippen LogP contribution in [0.4, 0.5) is 11.4 Å². The highest BCUT2D eigenvalue weighted by Crippen LogP contribution is 2.22. The second-order valence-corrected chi connectivity index (χ2v) is 4.99. The van der Waals surface area contributed by atoms with E-state index in [1.807, 2.05) is 6.07 Å². The molecule has 0 atom stereocenters. The van der Waals surface area contributed by atoms with Crippen LogP contribution in [0.25, 0.3) is 0 Å². The normalized spacial score (nSPS) is 16.1. The van der Waals surface area contributed by atoms with Gasteiger partial charge in [-0.25, -0.2) is 0 Å². The van der Waals surface area contributed by atoms with Crippen molar-refractivity contribution in [3.63, 3.8) is 0 Å². The third kappa shape index (κ3) is 4.18. The summed E-state index contributed by atoms with van der Waals surface area (Å²) in [6, 6.07) is 5.27. The molecule has 0 amide bonds. The largest absolute Gasteiger partial charge is 0.385 e. The molecule has 2 rings (SSSR count). The van der Waals surface area contributed by atoms with Crippen LogP contribution in [0.3, 0.4) is 0 Å². The minimum atomic E-state index is -0.339. The number of anilines is 1. The topological polar surface area (TPSA) is 67.6 Å². The van der Waals surface area contributed by atoms with Gasteiger partial charge in [-0.1, -0.05) is 6.07 Å². The van der Waals surface area contributed by atoms with Gasteiger partial charge in [0.1, 0.15) is 0 Å². The van der Waals surface area contributed by atoms with Gasteiger partial charge in [0.05, 0.1) is 18.1 Å². The van der Waals surface area contributed by atoms with E-state index in [1.54, 1.807) is 19.1 Å². The van der Waals surface area contributed by atoms with Gasteiger partial charge in [-0.15, -0.1) is 0 Å². The molecule has 1 heterocycles. The number of rotatable bonds is 6. The third-order valence-electron chi connectivity index (χ3n) is 3.49. The first-order chi connectivity index (χ1) is 9.66. The minimum Gasteiger partial charge on any atom is -0.385 e. The van der Waals surface area contributed by atoms with Gasteiger partial charge in [-0.3, -0.25) is 15.0 Å². The summed E-state index contributed by atoms with van der Waals surface area (Å²) in [4.78, 5) is 12.9. The van der Waals surface area contributed by atoms with Crippen molar-refractivity contribution in [3.05, 3.63) is 33.9 Å². The van der Waals surface area contributed by atoms with Crippen molar-refractivity contribution in [1.29, 1.82) is 0 Å².